The smallest absolute Gasteiger partial charge is 0.135 e. The number of ketones is 1. The van der Waals surface area contributed by atoms with Crippen molar-refractivity contribution in [2.75, 3.05) is 19.6 Å². The van der Waals surface area contributed by atoms with Gasteiger partial charge in [-0.05, 0) is 18.1 Å². The third kappa shape index (κ3) is 3.13. The van der Waals surface area contributed by atoms with Crippen molar-refractivity contribution in [2.45, 2.75) is 19.3 Å². The van der Waals surface area contributed by atoms with Crippen molar-refractivity contribution in [3.05, 3.63) is 30.1 Å². The fourth-order valence-electron chi connectivity index (χ4n) is 1.86. The van der Waals surface area contributed by atoms with Crippen LogP contribution in [0.25, 0.3) is 0 Å². The van der Waals surface area contributed by atoms with Crippen LogP contribution >= 0.6 is 0 Å². The number of hydrogen-bond acceptors (Lipinski definition) is 3. The van der Waals surface area contributed by atoms with E-state index in [0.717, 1.165) is 38.9 Å². The summed E-state index contributed by atoms with van der Waals surface area (Å²) >= 11 is 0. The first-order valence-electron chi connectivity index (χ1n) is 5.47. The van der Waals surface area contributed by atoms with Gasteiger partial charge >= 0.3 is 0 Å². The van der Waals surface area contributed by atoms with E-state index >= 15 is 0 Å². The van der Waals surface area contributed by atoms with Crippen LogP contribution in [0.4, 0.5) is 0 Å². The zero-order chi connectivity index (χ0) is 10.5. The number of carbonyl (C=O) groups is 1. The predicted octanol–water partition coefficient (Wildman–Crippen LogP) is 1.29. The summed E-state index contributed by atoms with van der Waals surface area (Å²) < 4.78 is 0. The lowest BCUT2D eigenvalue weighted by molar-refractivity contribution is -0.121. The van der Waals surface area contributed by atoms with Crippen molar-refractivity contribution < 1.29 is 4.79 Å². The highest BCUT2D eigenvalue weighted by atomic mass is 16.1. The van der Waals surface area contributed by atoms with Gasteiger partial charge < -0.3 is 4.90 Å². The van der Waals surface area contributed by atoms with E-state index in [1.54, 1.807) is 6.20 Å². The molecule has 0 aliphatic carbocycles. The molecule has 0 bridgehead atoms. The lowest BCUT2D eigenvalue weighted by atomic mass is 10.1. The van der Waals surface area contributed by atoms with Crippen molar-refractivity contribution in [1.29, 1.82) is 0 Å². The van der Waals surface area contributed by atoms with Gasteiger partial charge in [0.05, 0.1) is 0 Å². The van der Waals surface area contributed by atoms with Gasteiger partial charge in [-0.25, -0.2) is 0 Å². The summed E-state index contributed by atoms with van der Waals surface area (Å²) in [5.74, 6) is 0.410. The number of nitrogens with zero attached hydrogens (tertiary/aromatic N) is 2. The number of pyridine rings is 1. The molecule has 0 unspecified atom stereocenters. The van der Waals surface area contributed by atoms with E-state index in [1.165, 1.54) is 5.56 Å². The Kier molecular flexibility index (Phi) is 3.45. The molecule has 1 aromatic rings. The normalized spacial score (nSPS) is 18.0. The van der Waals surface area contributed by atoms with Gasteiger partial charge in [0, 0.05) is 44.9 Å². The summed E-state index contributed by atoms with van der Waals surface area (Å²) in [5, 5.41) is 0. The van der Waals surface area contributed by atoms with Gasteiger partial charge in [0.15, 0.2) is 0 Å². The van der Waals surface area contributed by atoms with Gasteiger partial charge in [-0.15, -0.1) is 0 Å². The molecule has 0 saturated carbocycles. The Morgan fingerprint density at radius 1 is 1.33 bits per heavy atom. The predicted molar refractivity (Wildman–Crippen MR) is 58.6 cm³/mol. The molecule has 0 amide bonds. The van der Waals surface area contributed by atoms with E-state index in [0.29, 0.717) is 5.78 Å². The number of carbonyl (C=O) groups excluding carboxylic acids is 1. The van der Waals surface area contributed by atoms with Crippen LogP contribution in [0.15, 0.2) is 24.5 Å². The fourth-order valence-corrected chi connectivity index (χ4v) is 1.86. The highest BCUT2D eigenvalue weighted by Gasteiger charge is 2.15. The second-order valence-corrected chi connectivity index (χ2v) is 3.99. The second-order valence-electron chi connectivity index (χ2n) is 3.99. The maximum atomic E-state index is 11.0. The number of hydrogen-bond donors (Lipinski definition) is 0. The van der Waals surface area contributed by atoms with E-state index in [4.69, 9.17) is 0 Å². The van der Waals surface area contributed by atoms with Gasteiger partial charge in [0.1, 0.15) is 5.78 Å². The van der Waals surface area contributed by atoms with Crippen molar-refractivity contribution in [1.82, 2.24) is 9.88 Å². The van der Waals surface area contributed by atoms with E-state index in [2.05, 4.69) is 16.0 Å². The molecule has 1 aromatic heterocycles. The van der Waals surface area contributed by atoms with E-state index in [-0.39, 0.29) is 0 Å². The number of rotatable bonds is 3. The van der Waals surface area contributed by atoms with Crippen LogP contribution < -0.4 is 0 Å². The minimum Gasteiger partial charge on any atom is -0.302 e. The quantitative estimate of drug-likeness (QED) is 0.744. The summed E-state index contributed by atoms with van der Waals surface area (Å²) in [7, 11) is 0. The minimum absolute atomic E-state index is 0.410. The molecule has 0 aromatic carbocycles. The maximum Gasteiger partial charge on any atom is 0.135 e. The molecular weight excluding hydrogens is 188 g/mol. The second kappa shape index (κ2) is 5.03. The highest BCUT2D eigenvalue weighted by molar-refractivity contribution is 5.79. The number of Topliss-reactive ketones (excluding diaryl/α,β-unsaturated/α-hetero) is 1. The van der Waals surface area contributed by atoms with Crippen molar-refractivity contribution in [3.63, 3.8) is 0 Å². The third-order valence-electron chi connectivity index (χ3n) is 2.85. The minimum atomic E-state index is 0.410. The van der Waals surface area contributed by atoms with Crippen LogP contribution in [-0.4, -0.2) is 35.3 Å². The van der Waals surface area contributed by atoms with Crippen LogP contribution in [-0.2, 0) is 11.2 Å². The first kappa shape index (κ1) is 10.3. The molecule has 1 fully saturated rings. The number of aromatic nitrogens is 1. The average molecular weight is 204 g/mol. The molecule has 3 nitrogen and oxygen atoms in total. The topological polar surface area (TPSA) is 33.2 Å². The summed E-state index contributed by atoms with van der Waals surface area (Å²) in [5.41, 5.74) is 1.27. The first-order chi connectivity index (χ1) is 7.34. The zero-order valence-electron chi connectivity index (χ0n) is 8.85. The fraction of sp³-hybridized carbons (Fsp3) is 0.500. The Hall–Kier alpha value is -1.22. The molecule has 3 heteroatoms. The number of piperidine rings is 1. The lowest BCUT2D eigenvalue weighted by Crippen LogP contribution is -2.35. The SMILES string of the molecule is O=C1CCN(CCc2cccnc2)CC1. The lowest BCUT2D eigenvalue weighted by Gasteiger charge is -2.25. The molecule has 1 saturated heterocycles. The highest BCUT2D eigenvalue weighted by Crippen LogP contribution is 2.07. The summed E-state index contributed by atoms with van der Waals surface area (Å²) in [6, 6.07) is 4.07. The van der Waals surface area contributed by atoms with E-state index in [1.807, 2.05) is 12.3 Å². The van der Waals surface area contributed by atoms with Crippen molar-refractivity contribution >= 4 is 5.78 Å². The van der Waals surface area contributed by atoms with Gasteiger partial charge in [0.25, 0.3) is 0 Å². The van der Waals surface area contributed by atoms with Crippen molar-refractivity contribution in [3.8, 4) is 0 Å². The largest absolute Gasteiger partial charge is 0.302 e. The van der Waals surface area contributed by atoms with Gasteiger partial charge in [-0.2, -0.15) is 0 Å². The van der Waals surface area contributed by atoms with E-state index < -0.39 is 0 Å². The molecule has 2 rings (SSSR count). The average Bonchev–Trinajstić information content (AvgIpc) is 2.30. The molecule has 1 aliphatic rings. The molecule has 0 radical (unpaired) electrons. The van der Waals surface area contributed by atoms with Gasteiger partial charge in [0.2, 0.25) is 0 Å². The maximum absolute atomic E-state index is 11.0. The van der Waals surface area contributed by atoms with Crippen LogP contribution in [0.1, 0.15) is 18.4 Å². The molecule has 2 heterocycles. The van der Waals surface area contributed by atoms with Crippen molar-refractivity contribution in [2.24, 2.45) is 0 Å². The van der Waals surface area contributed by atoms with Crippen LogP contribution in [0.3, 0.4) is 0 Å². The standard InChI is InChI=1S/C12H16N2O/c15-12-4-8-14(9-5-12)7-3-11-2-1-6-13-10-11/h1-2,6,10H,3-5,7-9H2. The summed E-state index contributed by atoms with van der Waals surface area (Å²) in [6.45, 7) is 2.90. The zero-order valence-corrected chi connectivity index (χ0v) is 8.85. The third-order valence-corrected chi connectivity index (χ3v) is 2.85. The Morgan fingerprint density at radius 3 is 2.80 bits per heavy atom. The first-order valence-corrected chi connectivity index (χ1v) is 5.47. The van der Waals surface area contributed by atoms with Crippen LogP contribution in [0.5, 0.6) is 0 Å². The monoisotopic (exact) mass is 204 g/mol. The Labute approximate surface area is 90.1 Å². The molecule has 0 N–H and O–H groups in total. The molecule has 0 atom stereocenters. The molecule has 15 heavy (non-hydrogen) atoms. The summed E-state index contributed by atoms with van der Waals surface area (Å²) in [6.07, 6.45) is 6.19. The van der Waals surface area contributed by atoms with Gasteiger partial charge in [-0.3, -0.25) is 9.78 Å². The number of likely N-dealkylation sites (tertiary alicyclic amines) is 1. The van der Waals surface area contributed by atoms with Crippen LogP contribution in [0, 0.1) is 0 Å². The Bertz CT molecular complexity index is 314. The molecule has 80 valence electrons. The van der Waals surface area contributed by atoms with Gasteiger partial charge in [-0.1, -0.05) is 6.07 Å². The van der Waals surface area contributed by atoms with E-state index in [9.17, 15) is 4.79 Å². The Morgan fingerprint density at radius 2 is 2.13 bits per heavy atom. The molecule has 1 aliphatic heterocycles. The molecule has 0 spiro atoms. The van der Waals surface area contributed by atoms with Crippen LogP contribution in [0.2, 0.25) is 0 Å². The Balaban J connectivity index is 1.77. The summed E-state index contributed by atoms with van der Waals surface area (Å²) in [4.78, 5) is 17.5. The molecular formula is C12H16N2O.